The Bertz CT molecular complexity index is 516. The Labute approximate surface area is 126 Å². The van der Waals surface area contributed by atoms with E-state index in [9.17, 15) is 28.2 Å². The van der Waals surface area contributed by atoms with Gasteiger partial charge in [-0.3, -0.25) is 4.79 Å². The van der Waals surface area contributed by atoms with Crippen LogP contribution >= 0.6 is 0 Å². The number of aliphatic hydroxyl groups is 2. The molecule has 1 aliphatic rings. The topological polar surface area (TPSA) is 69.6 Å². The van der Waals surface area contributed by atoms with E-state index in [1.165, 1.54) is 0 Å². The molecular weight excluding hydrogens is 299 g/mol. The zero-order valence-electron chi connectivity index (χ0n) is 11.8. The van der Waals surface area contributed by atoms with Crippen molar-refractivity contribution in [1.82, 2.24) is 5.32 Å². The van der Waals surface area contributed by atoms with Crippen molar-refractivity contribution in [1.29, 1.82) is 0 Å². The lowest BCUT2D eigenvalue weighted by Crippen LogP contribution is -2.47. The normalized spacial score (nSPS) is 26.3. The Kier molecular flexibility index (Phi) is 5.08. The third-order valence-corrected chi connectivity index (χ3v) is 3.86. The summed E-state index contributed by atoms with van der Waals surface area (Å²) in [5.74, 6) is -0.563. The van der Waals surface area contributed by atoms with Crippen LogP contribution in [0.1, 0.15) is 41.6 Å². The molecule has 1 saturated carbocycles. The molecule has 0 spiro atoms. The summed E-state index contributed by atoms with van der Waals surface area (Å²) >= 11 is 0. The molecule has 1 aromatic carbocycles. The number of carbonyl (C=O) groups excluding carboxylic acids is 1. The molecule has 1 fully saturated rings. The van der Waals surface area contributed by atoms with Crippen LogP contribution in [0.4, 0.5) is 13.2 Å². The van der Waals surface area contributed by atoms with Crippen LogP contribution in [0.2, 0.25) is 0 Å². The first-order chi connectivity index (χ1) is 10.3. The Morgan fingerprint density at radius 2 is 1.68 bits per heavy atom. The van der Waals surface area contributed by atoms with Gasteiger partial charge in [0.25, 0.3) is 5.91 Å². The second-order valence-corrected chi connectivity index (χ2v) is 5.50. The molecule has 22 heavy (non-hydrogen) atoms. The molecule has 122 valence electrons. The van der Waals surface area contributed by atoms with Crippen molar-refractivity contribution in [3.8, 4) is 0 Å². The first kappa shape index (κ1) is 16.8. The van der Waals surface area contributed by atoms with Crippen molar-refractivity contribution in [3.63, 3.8) is 0 Å². The number of alkyl halides is 3. The van der Waals surface area contributed by atoms with E-state index in [0.29, 0.717) is 12.8 Å². The van der Waals surface area contributed by atoms with Gasteiger partial charge in [-0.1, -0.05) is 12.8 Å². The highest BCUT2D eigenvalue weighted by atomic mass is 19.4. The number of amides is 1. The Morgan fingerprint density at radius 3 is 2.27 bits per heavy atom. The van der Waals surface area contributed by atoms with Gasteiger partial charge in [0, 0.05) is 5.56 Å². The molecule has 0 heterocycles. The second-order valence-electron chi connectivity index (χ2n) is 5.50. The number of hydrogen-bond donors (Lipinski definition) is 3. The number of hydrogen-bond acceptors (Lipinski definition) is 3. The molecule has 1 aliphatic carbocycles. The maximum absolute atomic E-state index is 12.5. The SMILES string of the molecule is O=C(N[C@@H]1CCCC[C@@H](O)[C@@H]1O)c1ccc(C(F)(F)F)cc1. The molecule has 1 amide bonds. The van der Waals surface area contributed by atoms with Crippen LogP contribution in [-0.4, -0.2) is 34.4 Å². The minimum atomic E-state index is -4.45. The summed E-state index contributed by atoms with van der Waals surface area (Å²) in [5, 5.41) is 22.2. The Balaban J connectivity index is 2.05. The van der Waals surface area contributed by atoms with E-state index in [1.54, 1.807) is 0 Å². The largest absolute Gasteiger partial charge is 0.416 e. The lowest BCUT2D eigenvalue weighted by Gasteiger charge is -2.25. The summed E-state index contributed by atoms with van der Waals surface area (Å²) in [6.07, 6.45) is -3.92. The third kappa shape index (κ3) is 3.98. The van der Waals surface area contributed by atoms with Crippen molar-refractivity contribution >= 4 is 5.91 Å². The second kappa shape index (κ2) is 6.66. The molecule has 0 unspecified atom stereocenters. The minimum absolute atomic E-state index is 0.0823. The molecule has 3 atom stereocenters. The standard InChI is InChI=1S/C15H18F3NO3/c16-15(17,18)10-7-5-9(6-8-10)14(22)19-11-3-1-2-4-12(20)13(11)21/h5-8,11-13,20-21H,1-4H2,(H,19,22)/t11-,12-,13-/m1/s1. The molecule has 0 bridgehead atoms. The van der Waals surface area contributed by atoms with E-state index < -0.39 is 35.9 Å². The van der Waals surface area contributed by atoms with Crippen molar-refractivity contribution in [2.75, 3.05) is 0 Å². The quantitative estimate of drug-likeness (QED) is 0.732. The highest BCUT2D eigenvalue weighted by molar-refractivity contribution is 5.94. The molecule has 3 N–H and O–H groups in total. The van der Waals surface area contributed by atoms with Crippen LogP contribution in [0.3, 0.4) is 0 Å². The molecule has 0 aromatic heterocycles. The van der Waals surface area contributed by atoms with Gasteiger partial charge < -0.3 is 15.5 Å². The van der Waals surface area contributed by atoms with Gasteiger partial charge in [-0.25, -0.2) is 0 Å². The summed E-state index contributed by atoms with van der Waals surface area (Å²) in [6.45, 7) is 0. The predicted molar refractivity (Wildman–Crippen MR) is 73.2 cm³/mol. The van der Waals surface area contributed by atoms with Crippen LogP contribution in [-0.2, 0) is 6.18 Å². The summed E-state index contributed by atoms with van der Waals surface area (Å²) < 4.78 is 37.4. The summed E-state index contributed by atoms with van der Waals surface area (Å²) in [4.78, 5) is 12.1. The molecule has 1 aromatic rings. The smallest absolute Gasteiger partial charge is 0.390 e. The maximum Gasteiger partial charge on any atom is 0.416 e. The van der Waals surface area contributed by atoms with Crippen LogP contribution in [0.25, 0.3) is 0 Å². The lowest BCUT2D eigenvalue weighted by atomic mass is 10.0. The molecule has 0 aliphatic heterocycles. The molecular formula is C15H18F3NO3. The fourth-order valence-electron chi connectivity index (χ4n) is 2.55. The number of halogens is 3. The van der Waals surface area contributed by atoms with Crippen LogP contribution in [0, 0.1) is 0 Å². The summed E-state index contributed by atoms with van der Waals surface area (Å²) in [5.41, 5.74) is -0.743. The molecule has 0 radical (unpaired) electrons. The average Bonchev–Trinajstić information content (AvgIpc) is 2.62. The zero-order chi connectivity index (χ0) is 16.3. The van der Waals surface area contributed by atoms with Gasteiger partial charge in [0.15, 0.2) is 0 Å². The van der Waals surface area contributed by atoms with Gasteiger partial charge in [-0.2, -0.15) is 13.2 Å². The molecule has 4 nitrogen and oxygen atoms in total. The van der Waals surface area contributed by atoms with Crippen molar-refractivity contribution < 1.29 is 28.2 Å². The van der Waals surface area contributed by atoms with Gasteiger partial charge in [-0.05, 0) is 37.1 Å². The van der Waals surface area contributed by atoms with E-state index in [2.05, 4.69) is 5.32 Å². The summed E-state index contributed by atoms with van der Waals surface area (Å²) in [7, 11) is 0. The highest BCUT2D eigenvalue weighted by Gasteiger charge is 2.31. The minimum Gasteiger partial charge on any atom is -0.390 e. The van der Waals surface area contributed by atoms with Gasteiger partial charge in [-0.15, -0.1) is 0 Å². The van der Waals surface area contributed by atoms with Crippen molar-refractivity contribution in [2.24, 2.45) is 0 Å². The van der Waals surface area contributed by atoms with E-state index in [-0.39, 0.29) is 5.56 Å². The Hall–Kier alpha value is -1.60. The molecule has 2 rings (SSSR count). The third-order valence-electron chi connectivity index (χ3n) is 3.86. The first-order valence-electron chi connectivity index (χ1n) is 7.13. The fourth-order valence-corrected chi connectivity index (χ4v) is 2.55. The number of nitrogens with one attached hydrogen (secondary N) is 1. The van der Waals surface area contributed by atoms with E-state index >= 15 is 0 Å². The van der Waals surface area contributed by atoms with Gasteiger partial charge >= 0.3 is 6.18 Å². The predicted octanol–water partition coefficient (Wildman–Crippen LogP) is 2.10. The number of benzene rings is 1. The van der Waals surface area contributed by atoms with Gasteiger partial charge in [0.1, 0.15) is 0 Å². The highest BCUT2D eigenvalue weighted by Crippen LogP contribution is 2.29. The van der Waals surface area contributed by atoms with Crippen LogP contribution in [0.5, 0.6) is 0 Å². The van der Waals surface area contributed by atoms with Crippen molar-refractivity contribution in [3.05, 3.63) is 35.4 Å². The molecule has 0 saturated heterocycles. The van der Waals surface area contributed by atoms with Crippen LogP contribution in [0.15, 0.2) is 24.3 Å². The number of rotatable bonds is 2. The van der Waals surface area contributed by atoms with Crippen LogP contribution < -0.4 is 5.32 Å². The zero-order valence-corrected chi connectivity index (χ0v) is 11.8. The number of carbonyl (C=O) groups is 1. The van der Waals surface area contributed by atoms with Gasteiger partial charge in [0.2, 0.25) is 0 Å². The Morgan fingerprint density at radius 1 is 1.09 bits per heavy atom. The van der Waals surface area contributed by atoms with E-state index in [0.717, 1.165) is 37.1 Å². The monoisotopic (exact) mass is 317 g/mol. The van der Waals surface area contributed by atoms with Gasteiger partial charge in [0.05, 0.1) is 23.8 Å². The fraction of sp³-hybridized carbons (Fsp3) is 0.533. The first-order valence-corrected chi connectivity index (χ1v) is 7.13. The van der Waals surface area contributed by atoms with Crippen molar-refractivity contribution in [2.45, 2.75) is 50.1 Å². The summed E-state index contributed by atoms with van der Waals surface area (Å²) in [6, 6.07) is 3.27. The maximum atomic E-state index is 12.5. The van der Waals surface area contributed by atoms with E-state index in [4.69, 9.17) is 0 Å². The average molecular weight is 317 g/mol. The molecule has 7 heteroatoms. The van der Waals surface area contributed by atoms with E-state index in [1.807, 2.05) is 0 Å². The number of aliphatic hydroxyl groups excluding tert-OH is 2. The lowest BCUT2D eigenvalue weighted by molar-refractivity contribution is -0.137.